The Morgan fingerprint density at radius 3 is 2.72 bits per heavy atom. The zero-order valence-electron chi connectivity index (χ0n) is 9.55. The van der Waals surface area contributed by atoms with Crippen LogP contribution in [0, 0.1) is 12.7 Å². The van der Waals surface area contributed by atoms with Crippen LogP contribution < -0.4 is 4.74 Å². The van der Waals surface area contributed by atoms with Gasteiger partial charge in [0.1, 0.15) is 17.1 Å². The molecule has 0 saturated heterocycles. The van der Waals surface area contributed by atoms with E-state index in [1.165, 1.54) is 18.2 Å². The third-order valence-corrected chi connectivity index (χ3v) is 2.35. The third-order valence-electron chi connectivity index (χ3n) is 2.35. The summed E-state index contributed by atoms with van der Waals surface area (Å²) in [6.07, 6.45) is 1.01. The van der Waals surface area contributed by atoms with Crippen LogP contribution in [0.4, 0.5) is 4.39 Å². The number of halogens is 1. The number of nitrogens with zero attached hydrogens (tertiary/aromatic N) is 1. The predicted octanol–water partition coefficient (Wildman–Crippen LogP) is 3.02. The molecule has 0 atom stereocenters. The Bertz CT molecular complexity index is 581. The highest BCUT2D eigenvalue weighted by molar-refractivity contribution is 5.91. The molecule has 0 fully saturated rings. The molecule has 0 aliphatic carbocycles. The molecular formula is C13H10FNO3. The van der Waals surface area contributed by atoms with Crippen LogP contribution in [-0.2, 0) is 0 Å². The van der Waals surface area contributed by atoms with Crippen LogP contribution in [0.25, 0.3) is 0 Å². The van der Waals surface area contributed by atoms with Crippen LogP contribution in [0.1, 0.15) is 15.9 Å². The average Bonchev–Trinajstić information content (AvgIpc) is 2.34. The first-order valence-corrected chi connectivity index (χ1v) is 5.20. The Morgan fingerprint density at radius 1 is 1.33 bits per heavy atom. The average molecular weight is 247 g/mol. The number of aryl methyl sites for hydroxylation is 1. The Hall–Kier alpha value is -2.43. The Kier molecular flexibility index (Phi) is 3.23. The van der Waals surface area contributed by atoms with Crippen molar-refractivity contribution < 1.29 is 19.0 Å². The number of benzene rings is 1. The molecule has 2 rings (SSSR count). The number of ether oxygens (including phenoxy) is 1. The molecule has 4 nitrogen and oxygen atoms in total. The maximum absolute atomic E-state index is 12.7. The molecule has 1 N–H and O–H groups in total. The summed E-state index contributed by atoms with van der Waals surface area (Å²) in [6.45, 7) is 1.73. The summed E-state index contributed by atoms with van der Waals surface area (Å²) in [5, 5.41) is 9.05. The second-order valence-electron chi connectivity index (χ2n) is 3.67. The molecule has 1 aromatic heterocycles. The summed E-state index contributed by atoms with van der Waals surface area (Å²) in [6, 6.07) is 7.33. The molecule has 5 heteroatoms. The summed E-state index contributed by atoms with van der Waals surface area (Å²) in [5.74, 6) is -1.21. The fraction of sp³-hybridized carbons (Fsp3) is 0.0769. The lowest BCUT2D eigenvalue weighted by molar-refractivity contribution is 0.0694. The van der Waals surface area contributed by atoms with E-state index in [4.69, 9.17) is 9.84 Å². The number of carboxylic acid groups (broad SMARTS) is 1. The van der Waals surface area contributed by atoms with Crippen molar-refractivity contribution >= 4 is 5.97 Å². The van der Waals surface area contributed by atoms with E-state index < -0.39 is 11.8 Å². The van der Waals surface area contributed by atoms with Crippen molar-refractivity contribution in [2.75, 3.05) is 0 Å². The number of hydrogen-bond donors (Lipinski definition) is 1. The highest BCUT2D eigenvalue weighted by Gasteiger charge is 2.14. The zero-order chi connectivity index (χ0) is 13.1. The van der Waals surface area contributed by atoms with Gasteiger partial charge in [0.2, 0.25) is 5.88 Å². The molecule has 0 spiro atoms. The van der Waals surface area contributed by atoms with Crippen LogP contribution in [0.15, 0.2) is 36.5 Å². The highest BCUT2D eigenvalue weighted by Crippen LogP contribution is 2.27. The van der Waals surface area contributed by atoms with Gasteiger partial charge in [0.05, 0.1) is 6.20 Å². The van der Waals surface area contributed by atoms with E-state index in [-0.39, 0.29) is 17.2 Å². The number of para-hydroxylation sites is 1. The molecule has 1 aromatic carbocycles. The van der Waals surface area contributed by atoms with Crippen molar-refractivity contribution in [2.45, 2.75) is 6.92 Å². The number of aromatic nitrogens is 1. The maximum atomic E-state index is 12.7. The van der Waals surface area contributed by atoms with Gasteiger partial charge in [-0.2, -0.15) is 0 Å². The van der Waals surface area contributed by atoms with E-state index in [9.17, 15) is 9.18 Å². The molecule has 0 radical (unpaired) electrons. The summed E-state index contributed by atoms with van der Waals surface area (Å²) < 4.78 is 18.1. The van der Waals surface area contributed by atoms with Crippen LogP contribution in [-0.4, -0.2) is 16.1 Å². The van der Waals surface area contributed by atoms with Gasteiger partial charge in [-0.05, 0) is 24.6 Å². The fourth-order valence-electron chi connectivity index (χ4n) is 1.48. The van der Waals surface area contributed by atoms with E-state index >= 15 is 0 Å². The minimum atomic E-state index is -1.09. The second-order valence-corrected chi connectivity index (χ2v) is 3.67. The summed E-state index contributed by atoms with van der Waals surface area (Å²) in [4.78, 5) is 14.8. The molecule has 18 heavy (non-hydrogen) atoms. The predicted molar refractivity (Wildman–Crippen MR) is 62.4 cm³/mol. The smallest absolute Gasteiger partial charge is 0.339 e. The fourth-order valence-corrected chi connectivity index (χ4v) is 1.48. The molecule has 2 aromatic rings. The number of carboxylic acids is 1. The molecule has 0 amide bonds. The summed E-state index contributed by atoms with van der Waals surface area (Å²) >= 11 is 0. The number of hydrogen-bond acceptors (Lipinski definition) is 3. The molecular weight excluding hydrogens is 237 g/mol. The molecule has 0 bridgehead atoms. The number of aromatic carboxylic acids is 1. The molecule has 0 aliphatic heterocycles. The van der Waals surface area contributed by atoms with Gasteiger partial charge in [0.15, 0.2) is 0 Å². The Labute approximate surface area is 103 Å². The number of rotatable bonds is 3. The van der Waals surface area contributed by atoms with Crippen molar-refractivity contribution in [1.29, 1.82) is 0 Å². The van der Waals surface area contributed by atoms with E-state index in [0.29, 0.717) is 5.56 Å². The SMILES string of the molecule is Cc1cccc(C(=O)O)c1Oc1ccc(F)cn1. The molecule has 0 unspecified atom stereocenters. The lowest BCUT2D eigenvalue weighted by Crippen LogP contribution is -2.02. The van der Waals surface area contributed by atoms with Crippen molar-refractivity contribution in [2.24, 2.45) is 0 Å². The minimum Gasteiger partial charge on any atom is -0.478 e. The quantitative estimate of drug-likeness (QED) is 0.905. The normalized spacial score (nSPS) is 10.1. The van der Waals surface area contributed by atoms with Crippen LogP contribution in [0.5, 0.6) is 11.6 Å². The van der Waals surface area contributed by atoms with Gasteiger partial charge in [0, 0.05) is 6.07 Å². The standard InChI is InChI=1S/C13H10FNO3/c1-8-3-2-4-10(13(16)17)12(8)18-11-6-5-9(14)7-15-11/h2-7H,1H3,(H,16,17). The topological polar surface area (TPSA) is 59.4 Å². The molecule has 0 saturated carbocycles. The maximum Gasteiger partial charge on any atom is 0.339 e. The number of pyridine rings is 1. The second kappa shape index (κ2) is 4.83. The minimum absolute atomic E-state index is 0.0427. The van der Waals surface area contributed by atoms with Gasteiger partial charge in [-0.1, -0.05) is 12.1 Å². The Morgan fingerprint density at radius 2 is 2.11 bits per heavy atom. The third kappa shape index (κ3) is 2.45. The van der Waals surface area contributed by atoms with Gasteiger partial charge in [-0.25, -0.2) is 14.2 Å². The van der Waals surface area contributed by atoms with E-state index in [2.05, 4.69) is 4.98 Å². The van der Waals surface area contributed by atoms with Crippen LogP contribution >= 0.6 is 0 Å². The lowest BCUT2D eigenvalue weighted by Gasteiger charge is -2.10. The van der Waals surface area contributed by atoms with Crippen molar-refractivity contribution in [1.82, 2.24) is 4.98 Å². The van der Waals surface area contributed by atoms with Crippen molar-refractivity contribution in [3.63, 3.8) is 0 Å². The monoisotopic (exact) mass is 247 g/mol. The zero-order valence-corrected chi connectivity index (χ0v) is 9.55. The number of carbonyl (C=O) groups is 1. The molecule has 1 heterocycles. The summed E-state index contributed by atoms with van der Waals surface area (Å²) in [5.41, 5.74) is 0.710. The van der Waals surface area contributed by atoms with Gasteiger partial charge in [0.25, 0.3) is 0 Å². The van der Waals surface area contributed by atoms with E-state index in [1.54, 1.807) is 19.1 Å². The van der Waals surface area contributed by atoms with Crippen molar-refractivity contribution in [3.05, 3.63) is 53.5 Å². The van der Waals surface area contributed by atoms with E-state index in [1.807, 2.05) is 0 Å². The largest absolute Gasteiger partial charge is 0.478 e. The molecule has 0 aliphatic rings. The highest BCUT2D eigenvalue weighted by atomic mass is 19.1. The first kappa shape index (κ1) is 12.0. The van der Waals surface area contributed by atoms with Crippen molar-refractivity contribution in [3.8, 4) is 11.6 Å². The first-order valence-electron chi connectivity index (χ1n) is 5.20. The Balaban J connectivity index is 2.39. The van der Waals surface area contributed by atoms with Gasteiger partial charge in [-0.15, -0.1) is 0 Å². The molecule has 92 valence electrons. The lowest BCUT2D eigenvalue weighted by atomic mass is 10.1. The van der Waals surface area contributed by atoms with Gasteiger partial charge >= 0.3 is 5.97 Å². The van der Waals surface area contributed by atoms with Crippen LogP contribution in [0.2, 0.25) is 0 Å². The first-order chi connectivity index (χ1) is 8.58. The van der Waals surface area contributed by atoms with Gasteiger partial charge in [-0.3, -0.25) is 0 Å². The van der Waals surface area contributed by atoms with Gasteiger partial charge < -0.3 is 9.84 Å². The van der Waals surface area contributed by atoms with Crippen LogP contribution in [0.3, 0.4) is 0 Å². The summed E-state index contributed by atoms with van der Waals surface area (Å²) in [7, 11) is 0. The van der Waals surface area contributed by atoms with E-state index in [0.717, 1.165) is 6.20 Å².